The molecule has 6 aliphatic rings. The van der Waals surface area contributed by atoms with Gasteiger partial charge in [-0.05, 0) is 92.5 Å². The van der Waals surface area contributed by atoms with Crippen molar-refractivity contribution in [2.75, 3.05) is 6.61 Å². The van der Waals surface area contributed by atoms with Crippen LogP contribution in [-0.2, 0) is 28.6 Å². The molecule has 0 spiro atoms. The zero-order valence-corrected chi connectivity index (χ0v) is 31.2. The number of hydrogen-bond donors (Lipinski definition) is 1. The van der Waals surface area contributed by atoms with E-state index in [0.717, 1.165) is 18.1 Å². The van der Waals surface area contributed by atoms with E-state index in [1.165, 1.54) is 0 Å². The lowest BCUT2D eigenvalue weighted by Gasteiger charge is -2.66. The van der Waals surface area contributed by atoms with E-state index in [0.29, 0.717) is 18.4 Å². The van der Waals surface area contributed by atoms with Crippen molar-refractivity contribution in [3.8, 4) is 0 Å². The molecule has 1 saturated heterocycles. The number of allylic oxidation sites excluding steroid dienone is 4. The number of ether oxygens (including phenoxy) is 3. The molecule has 0 radical (unpaired) electrons. The van der Waals surface area contributed by atoms with Gasteiger partial charge in [0.15, 0.2) is 24.3 Å². The van der Waals surface area contributed by atoms with Crippen LogP contribution in [0.5, 0.6) is 0 Å². The maximum absolute atomic E-state index is 15.4. The van der Waals surface area contributed by atoms with Crippen LogP contribution in [0.25, 0.3) is 0 Å². The van der Waals surface area contributed by atoms with Gasteiger partial charge in [0.2, 0.25) is 5.78 Å². The second-order valence-corrected chi connectivity index (χ2v) is 17.0. The van der Waals surface area contributed by atoms with Gasteiger partial charge < -0.3 is 19.3 Å². The summed E-state index contributed by atoms with van der Waals surface area (Å²) in [6.07, 6.45) is -16.1. The highest BCUT2D eigenvalue weighted by Crippen LogP contribution is 2.74. The normalized spacial score (nSPS) is 54.3. The molecule has 1 heterocycles. The Balaban J connectivity index is 1.56. The van der Waals surface area contributed by atoms with Crippen molar-refractivity contribution >= 4 is 17.5 Å². The molecule has 0 bridgehead atoms. The van der Waals surface area contributed by atoms with Crippen molar-refractivity contribution in [2.24, 2.45) is 63.5 Å². The standard InChI is InChI=1S/C42H64O7/c1-12-40-26(7)36(45)35-30(18-17-28-19-32(43)24(5)25(6)41(28,35)22(2)3)31(40)20-34-42(40,33(44)21-47-37(46)27(8)39(9,10)11)49-38(48-34)29-16-14-13-15-23(29)4/h19,22-23,26-27,29-31,34-36,38,45H,12-18,20-21H2,1-11H3/t23?,26?,27?,29?,30-,31-,34+,35+,36-,38-,40-,41-,42+/m0/s1/i13D2,14D2,15D2,16D2,23D,29D. The summed E-state index contributed by atoms with van der Waals surface area (Å²) in [5.74, 6) is -10.5. The molecule has 5 fully saturated rings. The van der Waals surface area contributed by atoms with Crippen molar-refractivity contribution in [1.29, 1.82) is 0 Å². The molecule has 6 rings (SSSR count). The number of aliphatic hydroxyl groups is 1. The van der Waals surface area contributed by atoms with Gasteiger partial charge in [0.25, 0.3) is 0 Å². The average Bonchev–Trinajstić information content (AvgIpc) is 3.66. The monoisotopic (exact) mass is 691 g/mol. The van der Waals surface area contributed by atoms with Crippen molar-refractivity contribution in [1.82, 2.24) is 0 Å². The SMILES string of the molecule is [2H]C1([2H])C([2H])([2H])C([2H])([2H])C([2H])([C@H]2O[C@@H]3C[C@H]4[C@@H]5CCC6=CC(=O)C(C)=C(C)[C@]6(C(C)C)[C@H]5[C@@H](O)C(C)[C@]4(CC)[C@]3(C(=O)COC(=O)C(C)C(C)(C)C)O2)C([2H])(C)C1([2H])[2H]. The first kappa shape index (κ1) is 26.0. The van der Waals surface area contributed by atoms with Gasteiger partial charge in [-0.15, -0.1) is 0 Å². The molecule has 4 unspecified atom stereocenters. The number of esters is 1. The Morgan fingerprint density at radius 3 is 2.47 bits per heavy atom. The lowest BCUT2D eigenvalue weighted by molar-refractivity contribution is -0.241. The largest absolute Gasteiger partial charge is 0.457 e. The second kappa shape index (κ2) is 12.7. The lowest BCUT2D eigenvalue weighted by atomic mass is 9.39. The zero-order chi connectivity index (χ0) is 45.0. The first-order chi connectivity index (χ1) is 26.6. The van der Waals surface area contributed by atoms with Gasteiger partial charge in [0.1, 0.15) is 0 Å². The molecule has 0 amide bonds. The van der Waals surface area contributed by atoms with Crippen molar-refractivity contribution in [3.05, 3.63) is 22.8 Å². The summed E-state index contributed by atoms with van der Waals surface area (Å²) in [4.78, 5) is 42.0. The summed E-state index contributed by atoms with van der Waals surface area (Å²) >= 11 is 0. The summed E-state index contributed by atoms with van der Waals surface area (Å²) in [6, 6.07) is 0. The fourth-order valence-corrected chi connectivity index (χ4v) is 11.4. The van der Waals surface area contributed by atoms with Crippen molar-refractivity contribution in [3.63, 3.8) is 0 Å². The van der Waals surface area contributed by atoms with Gasteiger partial charge >= 0.3 is 5.97 Å². The second-order valence-electron chi connectivity index (χ2n) is 17.0. The van der Waals surface area contributed by atoms with Gasteiger partial charge in [-0.1, -0.05) is 92.6 Å². The molecule has 0 aromatic heterocycles. The van der Waals surface area contributed by atoms with Crippen LogP contribution >= 0.6 is 0 Å². The highest BCUT2D eigenvalue weighted by molar-refractivity contribution is 6.06. The Morgan fingerprint density at radius 1 is 1.16 bits per heavy atom. The van der Waals surface area contributed by atoms with Crippen molar-refractivity contribution in [2.45, 2.75) is 151 Å². The topological polar surface area (TPSA) is 99.1 Å². The summed E-state index contributed by atoms with van der Waals surface area (Å²) in [6.45, 7) is 18.8. The fraction of sp³-hybridized carbons (Fsp3) is 0.833. The van der Waals surface area contributed by atoms with Gasteiger partial charge in [0.05, 0.1) is 18.1 Å². The molecule has 5 aliphatic carbocycles. The first-order valence-corrected chi connectivity index (χ1v) is 18.3. The summed E-state index contributed by atoms with van der Waals surface area (Å²) in [5.41, 5.74) is -2.26. The summed E-state index contributed by atoms with van der Waals surface area (Å²) < 4.78 is 108. The number of hydrogen-bond acceptors (Lipinski definition) is 7. The van der Waals surface area contributed by atoms with E-state index in [-0.39, 0.29) is 30.5 Å². The highest BCUT2D eigenvalue weighted by atomic mass is 16.7. The van der Waals surface area contributed by atoms with Crippen LogP contribution in [-0.4, -0.2) is 53.3 Å². The van der Waals surface area contributed by atoms with Gasteiger partial charge in [-0.25, -0.2) is 0 Å². The molecule has 274 valence electrons. The van der Waals surface area contributed by atoms with Crippen LogP contribution in [0.2, 0.25) is 0 Å². The third-order valence-corrected chi connectivity index (χ3v) is 14.2. The zero-order valence-electron chi connectivity index (χ0n) is 41.2. The fourth-order valence-electron chi connectivity index (χ4n) is 11.4. The Morgan fingerprint density at radius 2 is 1.84 bits per heavy atom. The van der Waals surface area contributed by atoms with E-state index in [9.17, 15) is 17.4 Å². The van der Waals surface area contributed by atoms with E-state index in [2.05, 4.69) is 13.8 Å². The number of fused-ring (bicyclic) bond motifs is 7. The van der Waals surface area contributed by atoms with Crippen LogP contribution in [0.3, 0.4) is 0 Å². The quantitative estimate of drug-likeness (QED) is 0.270. The predicted molar refractivity (Wildman–Crippen MR) is 189 cm³/mol. The van der Waals surface area contributed by atoms with Gasteiger partial charge in [-0.3, -0.25) is 14.4 Å². The number of Topliss-reactive ketones (excluding diaryl/α,β-unsaturated/α-hetero) is 1. The third kappa shape index (κ3) is 5.00. The molecule has 0 aromatic carbocycles. The molecular weight excluding hydrogens is 616 g/mol. The average molecular weight is 691 g/mol. The van der Waals surface area contributed by atoms with Gasteiger partial charge in [-0.2, -0.15) is 0 Å². The lowest BCUT2D eigenvalue weighted by Crippen LogP contribution is -2.69. The first-order valence-electron chi connectivity index (χ1n) is 23.3. The molecule has 13 atom stereocenters. The molecule has 1 N–H and O–H groups in total. The van der Waals surface area contributed by atoms with Gasteiger partial charge in [0, 0.05) is 36.3 Å². The molecule has 49 heavy (non-hydrogen) atoms. The minimum atomic E-state index is -3.71. The number of ketones is 2. The number of aliphatic hydroxyl groups excluding tert-OH is 1. The minimum absolute atomic E-state index is 0.0455. The van der Waals surface area contributed by atoms with E-state index in [1.54, 1.807) is 13.0 Å². The van der Waals surface area contributed by atoms with E-state index in [4.69, 9.17) is 25.2 Å². The van der Waals surface area contributed by atoms with Crippen LogP contribution in [0, 0.1) is 63.5 Å². The Bertz CT molecular complexity index is 1840. The molecule has 0 aromatic rings. The maximum atomic E-state index is 15.4. The van der Waals surface area contributed by atoms with Crippen LogP contribution in [0.1, 0.15) is 141 Å². The smallest absolute Gasteiger partial charge is 0.309 e. The highest BCUT2D eigenvalue weighted by Gasteiger charge is 2.80. The number of carbonyl (C=O) groups excluding carboxylic acids is 3. The maximum Gasteiger partial charge on any atom is 0.309 e. The number of carbonyl (C=O) groups is 3. The van der Waals surface area contributed by atoms with E-state index >= 15 is 4.79 Å². The molecule has 1 aliphatic heterocycles. The molecule has 4 saturated carbocycles. The van der Waals surface area contributed by atoms with Crippen LogP contribution < -0.4 is 0 Å². The Kier molecular flexibility index (Phi) is 6.74. The van der Waals surface area contributed by atoms with Crippen LogP contribution in [0.4, 0.5) is 0 Å². The Hall–Kier alpha value is -1.83. The summed E-state index contributed by atoms with van der Waals surface area (Å²) in [7, 11) is 0. The van der Waals surface area contributed by atoms with Crippen molar-refractivity contribution < 1.29 is 47.4 Å². The number of rotatable bonds is 7. The van der Waals surface area contributed by atoms with E-state index < -0.39 is 120 Å². The molecular formula is C42H64O7. The predicted octanol–water partition coefficient (Wildman–Crippen LogP) is 8.03. The third-order valence-electron chi connectivity index (χ3n) is 14.2. The Labute approximate surface area is 309 Å². The summed E-state index contributed by atoms with van der Waals surface area (Å²) in [5, 5.41) is 13.0. The molecule has 7 nitrogen and oxygen atoms in total. The molecule has 7 heteroatoms. The van der Waals surface area contributed by atoms with Crippen LogP contribution in [0.15, 0.2) is 22.8 Å². The minimum Gasteiger partial charge on any atom is -0.457 e. The van der Waals surface area contributed by atoms with E-state index in [1.807, 2.05) is 48.5 Å².